The topological polar surface area (TPSA) is 26.0 Å². The van der Waals surface area contributed by atoms with Gasteiger partial charge in [-0.2, -0.15) is 0 Å². The van der Waals surface area contributed by atoms with Gasteiger partial charge in [-0.25, -0.2) is 8.78 Å². The van der Waals surface area contributed by atoms with Crippen molar-refractivity contribution in [2.24, 2.45) is 5.73 Å². The molecule has 1 rings (SSSR count). The van der Waals surface area contributed by atoms with Crippen LogP contribution in [-0.4, -0.2) is 6.43 Å². The van der Waals surface area contributed by atoms with Crippen LogP contribution < -0.4 is 5.73 Å². The van der Waals surface area contributed by atoms with Gasteiger partial charge >= 0.3 is 0 Å². The number of aryl methyl sites for hydroxylation is 2. The lowest BCUT2D eigenvalue weighted by atomic mass is 10.0. The van der Waals surface area contributed by atoms with Crippen LogP contribution in [0.3, 0.4) is 0 Å². The standard InChI is InChI=1S/C10H13F2N/c1-6-3-4-8(5-7(6)2)9(13)10(11)12/h3-5,9-10H,13H2,1-2H3/t9-/m1/s1. The van der Waals surface area contributed by atoms with Crippen molar-refractivity contribution in [3.8, 4) is 0 Å². The fourth-order valence-electron chi connectivity index (χ4n) is 1.12. The maximum atomic E-state index is 12.2. The van der Waals surface area contributed by atoms with E-state index in [0.29, 0.717) is 5.56 Å². The van der Waals surface area contributed by atoms with Gasteiger partial charge < -0.3 is 5.73 Å². The highest BCUT2D eigenvalue weighted by Gasteiger charge is 2.17. The molecule has 0 aliphatic heterocycles. The third kappa shape index (κ3) is 2.25. The second kappa shape index (κ2) is 3.83. The Labute approximate surface area is 76.6 Å². The minimum absolute atomic E-state index is 0.498. The number of hydrogen-bond donors (Lipinski definition) is 1. The number of benzene rings is 1. The summed E-state index contributed by atoms with van der Waals surface area (Å²) in [5.74, 6) is 0. The summed E-state index contributed by atoms with van der Waals surface area (Å²) in [5, 5.41) is 0. The van der Waals surface area contributed by atoms with E-state index in [-0.39, 0.29) is 0 Å². The highest BCUT2D eigenvalue weighted by atomic mass is 19.3. The number of nitrogens with two attached hydrogens (primary N) is 1. The largest absolute Gasteiger partial charge is 0.319 e. The van der Waals surface area contributed by atoms with Crippen molar-refractivity contribution in [3.05, 3.63) is 34.9 Å². The molecule has 0 unspecified atom stereocenters. The maximum Gasteiger partial charge on any atom is 0.257 e. The van der Waals surface area contributed by atoms with Crippen LogP contribution in [0.25, 0.3) is 0 Å². The van der Waals surface area contributed by atoms with Crippen LogP contribution in [0, 0.1) is 13.8 Å². The Kier molecular flexibility index (Phi) is 2.98. The Morgan fingerprint density at radius 1 is 1.15 bits per heavy atom. The summed E-state index contributed by atoms with van der Waals surface area (Å²) >= 11 is 0. The van der Waals surface area contributed by atoms with Gasteiger partial charge in [0.1, 0.15) is 0 Å². The van der Waals surface area contributed by atoms with Crippen LogP contribution in [0.15, 0.2) is 18.2 Å². The average molecular weight is 185 g/mol. The molecule has 3 heteroatoms. The van der Waals surface area contributed by atoms with Gasteiger partial charge in [-0.1, -0.05) is 18.2 Å². The number of hydrogen-bond acceptors (Lipinski definition) is 1. The minimum atomic E-state index is -2.50. The van der Waals surface area contributed by atoms with Crippen molar-refractivity contribution >= 4 is 0 Å². The molecule has 0 spiro atoms. The first-order chi connectivity index (χ1) is 6.02. The lowest BCUT2D eigenvalue weighted by Gasteiger charge is -2.12. The average Bonchev–Trinajstić information content (AvgIpc) is 2.08. The summed E-state index contributed by atoms with van der Waals surface area (Å²) in [6.45, 7) is 3.82. The Morgan fingerprint density at radius 2 is 1.77 bits per heavy atom. The van der Waals surface area contributed by atoms with Crippen molar-refractivity contribution in [1.29, 1.82) is 0 Å². The van der Waals surface area contributed by atoms with Gasteiger partial charge in [-0.3, -0.25) is 0 Å². The Balaban J connectivity index is 2.97. The van der Waals surface area contributed by atoms with Gasteiger partial charge in [0.15, 0.2) is 0 Å². The van der Waals surface area contributed by atoms with E-state index < -0.39 is 12.5 Å². The Hall–Kier alpha value is -0.960. The third-order valence-corrected chi connectivity index (χ3v) is 2.19. The SMILES string of the molecule is Cc1ccc([C@@H](N)C(F)F)cc1C. The van der Waals surface area contributed by atoms with Gasteiger partial charge in [-0.15, -0.1) is 0 Å². The number of rotatable bonds is 2. The van der Waals surface area contributed by atoms with Gasteiger partial charge in [0.2, 0.25) is 0 Å². The quantitative estimate of drug-likeness (QED) is 0.752. The van der Waals surface area contributed by atoms with Crippen LogP contribution >= 0.6 is 0 Å². The van der Waals surface area contributed by atoms with E-state index in [1.165, 1.54) is 0 Å². The molecule has 2 N–H and O–H groups in total. The van der Waals surface area contributed by atoms with Gasteiger partial charge in [0.25, 0.3) is 6.43 Å². The summed E-state index contributed by atoms with van der Waals surface area (Å²) in [6, 6.07) is 4.01. The molecule has 1 nitrogen and oxygen atoms in total. The second-order valence-corrected chi connectivity index (χ2v) is 3.20. The van der Waals surface area contributed by atoms with Crippen LogP contribution in [0.5, 0.6) is 0 Å². The zero-order valence-corrected chi connectivity index (χ0v) is 7.72. The number of halogens is 2. The molecule has 1 aromatic rings. The minimum Gasteiger partial charge on any atom is -0.319 e. The summed E-state index contributed by atoms with van der Waals surface area (Å²) in [4.78, 5) is 0. The van der Waals surface area contributed by atoms with Crippen LogP contribution in [0.4, 0.5) is 8.78 Å². The lowest BCUT2D eigenvalue weighted by Crippen LogP contribution is -2.18. The highest BCUT2D eigenvalue weighted by molar-refractivity contribution is 5.31. The van der Waals surface area contributed by atoms with Gasteiger partial charge in [-0.05, 0) is 30.5 Å². The molecular weight excluding hydrogens is 172 g/mol. The summed E-state index contributed by atoms with van der Waals surface area (Å²) < 4.78 is 24.4. The van der Waals surface area contributed by atoms with Crippen molar-refractivity contribution in [2.45, 2.75) is 26.3 Å². The predicted molar refractivity (Wildman–Crippen MR) is 48.8 cm³/mol. The van der Waals surface area contributed by atoms with Gasteiger partial charge in [0.05, 0.1) is 6.04 Å². The molecule has 1 aromatic carbocycles. The molecule has 0 saturated carbocycles. The molecule has 0 radical (unpaired) electrons. The molecule has 0 heterocycles. The van der Waals surface area contributed by atoms with Crippen molar-refractivity contribution in [2.75, 3.05) is 0 Å². The molecule has 0 fully saturated rings. The zero-order chi connectivity index (χ0) is 10.0. The summed E-state index contributed by atoms with van der Waals surface area (Å²) in [7, 11) is 0. The van der Waals surface area contributed by atoms with Gasteiger partial charge in [0, 0.05) is 0 Å². The van der Waals surface area contributed by atoms with E-state index in [1.807, 2.05) is 19.9 Å². The Bertz CT molecular complexity index is 297. The van der Waals surface area contributed by atoms with E-state index in [0.717, 1.165) is 11.1 Å². The first-order valence-electron chi connectivity index (χ1n) is 4.13. The normalized spacial score (nSPS) is 13.4. The molecule has 0 aromatic heterocycles. The first-order valence-corrected chi connectivity index (χ1v) is 4.13. The van der Waals surface area contributed by atoms with E-state index in [1.54, 1.807) is 12.1 Å². The molecule has 0 aliphatic carbocycles. The predicted octanol–water partition coefficient (Wildman–Crippen LogP) is 2.57. The van der Waals surface area contributed by atoms with Crippen molar-refractivity contribution in [1.82, 2.24) is 0 Å². The molecule has 0 aliphatic rings. The van der Waals surface area contributed by atoms with E-state index in [2.05, 4.69) is 0 Å². The smallest absolute Gasteiger partial charge is 0.257 e. The molecule has 13 heavy (non-hydrogen) atoms. The van der Waals surface area contributed by atoms with Crippen LogP contribution in [-0.2, 0) is 0 Å². The third-order valence-electron chi connectivity index (χ3n) is 2.19. The molecular formula is C10H13F2N. The maximum absolute atomic E-state index is 12.2. The molecule has 1 atom stereocenters. The van der Waals surface area contributed by atoms with E-state index >= 15 is 0 Å². The lowest BCUT2D eigenvalue weighted by molar-refractivity contribution is 0.116. The molecule has 0 bridgehead atoms. The van der Waals surface area contributed by atoms with E-state index in [4.69, 9.17) is 5.73 Å². The molecule has 0 saturated heterocycles. The second-order valence-electron chi connectivity index (χ2n) is 3.20. The summed E-state index contributed by atoms with van der Waals surface area (Å²) in [6.07, 6.45) is -2.50. The fourth-order valence-corrected chi connectivity index (χ4v) is 1.12. The monoisotopic (exact) mass is 185 g/mol. The zero-order valence-electron chi connectivity index (χ0n) is 7.72. The molecule has 0 amide bonds. The molecule has 72 valence electrons. The number of alkyl halides is 2. The summed E-state index contributed by atoms with van der Waals surface area (Å²) in [5.41, 5.74) is 7.89. The van der Waals surface area contributed by atoms with Crippen molar-refractivity contribution < 1.29 is 8.78 Å². The fraction of sp³-hybridized carbons (Fsp3) is 0.400. The first kappa shape index (κ1) is 10.1. The van der Waals surface area contributed by atoms with Crippen LogP contribution in [0.1, 0.15) is 22.7 Å². The van der Waals surface area contributed by atoms with E-state index in [9.17, 15) is 8.78 Å². The highest BCUT2D eigenvalue weighted by Crippen LogP contribution is 2.20. The Morgan fingerprint density at radius 3 is 2.23 bits per heavy atom. The van der Waals surface area contributed by atoms with Crippen molar-refractivity contribution in [3.63, 3.8) is 0 Å². The van der Waals surface area contributed by atoms with Crippen LogP contribution in [0.2, 0.25) is 0 Å².